The standard InChI is InChI=1S/C13H19N.4C2H6/c1-11-5-7-12(8-6-11)13-4-3-9-14(2)10-13;4*1-2/h5-8,13H,3-4,9-10H2,1-2H3;4*1-2H3. The molecular weight excluding hydrogens is 266 g/mol. The van der Waals surface area contributed by atoms with E-state index in [0.717, 1.165) is 5.92 Å². The molecular formula is C21H43N. The summed E-state index contributed by atoms with van der Waals surface area (Å²) in [6.07, 6.45) is 2.70. The van der Waals surface area contributed by atoms with Crippen molar-refractivity contribution in [3.63, 3.8) is 0 Å². The molecule has 22 heavy (non-hydrogen) atoms. The molecule has 1 heterocycles. The van der Waals surface area contributed by atoms with Gasteiger partial charge < -0.3 is 4.90 Å². The minimum Gasteiger partial charge on any atom is -0.306 e. The molecule has 0 radical (unpaired) electrons. The van der Waals surface area contributed by atoms with Gasteiger partial charge in [0, 0.05) is 6.54 Å². The molecule has 1 aromatic rings. The Kier molecular flexibility index (Phi) is 23.9. The quantitative estimate of drug-likeness (QED) is 0.545. The van der Waals surface area contributed by atoms with Crippen molar-refractivity contribution in [2.45, 2.75) is 81.1 Å². The minimum atomic E-state index is 0.759. The first-order valence-electron chi connectivity index (χ1n) is 9.51. The highest BCUT2D eigenvalue weighted by Gasteiger charge is 2.18. The van der Waals surface area contributed by atoms with E-state index in [0.29, 0.717) is 0 Å². The molecule has 0 saturated carbocycles. The van der Waals surface area contributed by atoms with Gasteiger partial charge in [-0.3, -0.25) is 0 Å². The smallest absolute Gasteiger partial charge is 0.00472 e. The van der Waals surface area contributed by atoms with Gasteiger partial charge in [-0.2, -0.15) is 0 Å². The van der Waals surface area contributed by atoms with Crippen molar-refractivity contribution in [3.8, 4) is 0 Å². The zero-order chi connectivity index (χ0) is 18.0. The largest absolute Gasteiger partial charge is 0.306 e. The fourth-order valence-electron chi connectivity index (χ4n) is 2.28. The topological polar surface area (TPSA) is 3.24 Å². The first-order valence-corrected chi connectivity index (χ1v) is 9.51. The van der Waals surface area contributed by atoms with Gasteiger partial charge in [0.25, 0.3) is 0 Å². The van der Waals surface area contributed by atoms with Crippen LogP contribution in [0.5, 0.6) is 0 Å². The number of benzene rings is 1. The molecule has 1 unspecified atom stereocenters. The van der Waals surface area contributed by atoms with Gasteiger partial charge in [-0.15, -0.1) is 0 Å². The molecule has 0 aromatic heterocycles. The summed E-state index contributed by atoms with van der Waals surface area (Å²) in [5.41, 5.74) is 2.88. The molecule has 0 aliphatic carbocycles. The summed E-state index contributed by atoms with van der Waals surface area (Å²) in [6.45, 7) is 20.6. The number of aryl methyl sites for hydroxylation is 1. The SMILES string of the molecule is CC.CC.CC.CC.Cc1ccc(C2CCCN(C)C2)cc1. The van der Waals surface area contributed by atoms with E-state index in [4.69, 9.17) is 0 Å². The lowest BCUT2D eigenvalue weighted by Crippen LogP contribution is -2.30. The summed E-state index contributed by atoms with van der Waals surface area (Å²) in [4.78, 5) is 2.44. The van der Waals surface area contributed by atoms with Gasteiger partial charge in [-0.1, -0.05) is 85.2 Å². The Hall–Kier alpha value is -0.820. The van der Waals surface area contributed by atoms with E-state index in [1.165, 1.54) is 37.1 Å². The lowest BCUT2D eigenvalue weighted by Gasteiger charge is -2.29. The Balaban J connectivity index is -0.000000394. The zero-order valence-electron chi connectivity index (χ0n) is 17.2. The van der Waals surface area contributed by atoms with Crippen LogP contribution in [0.15, 0.2) is 24.3 Å². The number of hydrogen-bond donors (Lipinski definition) is 0. The molecule has 1 atom stereocenters. The van der Waals surface area contributed by atoms with E-state index in [1.807, 2.05) is 55.4 Å². The molecule has 1 aromatic carbocycles. The zero-order valence-corrected chi connectivity index (χ0v) is 17.2. The molecule has 1 aliphatic rings. The van der Waals surface area contributed by atoms with Crippen molar-refractivity contribution in [2.24, 2.45) is 0 Å². The molecule has 1 aliphatic heterocycles. The number of hydrogen-bond acceptors (Lipinski definition) is 1. The van der Waals surface area contributed by atoms with Gasteiger partial charge in [0.1, 0.15) is 0 Å². The van der Waals surface area contributed by atoms with E-state index in [2.05, 4.69) is 43.1 Å². The lowest BCUT2D eigenvalue weighted by atomic mass is 9.90. The maximum Gasteiger partial charge on any atom is 0.00472 e. The highest BCUT2D eigenvalue weighted by Crippen LogP contribution is 2.26. The van der Waals surface area contributed by atoms with Crippen LogP contribution in [0, 0.1) is 6.92 Å². The Morgan fingerprint density at radius 1 is 0.818 bits per heavy atom. The van der Waals surface area contributed by atoms with Crippen LogP contribution in [-0.2, 0) is 0 Å². The summed E-state index contributed by atoms with van der Waals surface area (Å²) in [5.74, 6) is 0.759. The number of likely N-dealkylation sites (tertiary alicyclic amines) is 1. The summed E-state index contributed by atoms with van der Waals surface area (Å²) in [7, 11) is 2.22. The van der Waals surface area contributed by atoms with Crippen LogP contribution in [0.1, 0.15) is 85.3 Å². The van der Waals surface area contributed by atoms with Gasteiger partial charge in [-0.25, -0.2) is 0 Å². The van der Waals surface area contributed by atoms with Crippen molar-refractivity contribution >= 4 is 0 Å². The monoisotopic (exact) mass is 309 g/mol. The molecule has 2 rings (SSSR count). The van der Waals surface area contributed by atoms with E-state index < -0.39 is 0 Å². The maximum atomic E-state index is 2.44. The average molecular weight is 310 g/mol. The van der Waals surface area contributed by atoms with Crippen molar-refractivity contribution in [2.75, 3.05) is 20.1 Å². The van der Waals surface area contributed by atoms with Crippen LogP contribution in [-0.4, -0.2) is 25.0 Å². The second-order valence-corrected chi connectivity index (χ2v) is 4.51. The Labute approximate surface area is 142 Å². The third kappa shape index (κ3) is 11.8. The third-order valence-electron chi connectivity index (χ3n) is 3.17. The fourth-order valence-corrected chi connectivity index (χ4v) is 2.28. The second-order valence-electron chi connectivity index (χ2n) is 4.51. The molecule has 0 bridgehead atoms. The first-order chi connectivity index (χ1) is 10.8. The predicted octanol–water partition coefficient (Wildman–Crippen LogP) is 6.91. The van der Waals surface area contributed by atoms with Crippen LogP contribution < -0.4 is 0 Å². The Morgan fingerprint density at radius 3 is 1.68 bits per heavy atom. The molecule has 1 heteroatoms. The van der Waals surface area contributed by atoms with Gasteiger partial charge in [-0.05, 0) is 44.8 Å². The normalized spacial score (nSPS) is 16.2. The van der Waals surface area contributed by atoms with Crippen molar-refractivity contribution < 1.29 is 0 Å². The van der Waals surface area contributed by atoms with Crippen molar-refractivity contribution in [1.82, 2.24) is 4.90 Å². The highest BCUT2D eigenvalue weighted by molar-refractivity contribution is 5.25. The summed E-state index contributed by atoms with van der Waals surface area (Å²) in [5, 5.41) is 0. The van der Waals surface area contributed by atoms with E-state index >= 15 is 0 Å². The van der Waals surface area contributed by atoms with Gasteiger partial charge >= 0.3 is 0 Å². The molecule has 0 amide bonds. The fraction of sp³-hybridized carbons (Fsp3) is 0.714. The van der Waals surface area contributed by atoms with E-state index in [-0.39, 0.29) is 0 Å². The minimum absolute atomic E-state index is 0.759. The molecule has 1 nitrogen and oxygen atoms in total. The van der Waals surface area contributed by atoms with Crippen molar-refractivity contribution in [1.29, 1.82) is 0 Å². The number of rotatable bonds is 1. The summed E-state index contributed by atoms with van der Waals surface area (Å²) < 4.78 is 0. The van der Waals surface area contributed by atoms with Crippen LogP contribution >= 0.6 is 0 Å². The molecule has 1 saturated heterocycles. The molecule has 1 fully saturated rings. The maximum absolute atomic E-state index is 2.44. The molecule has 0 spiro atoms. The van der Waals surface area contributed by atoms with E-state index in [1.54, 1.807) is 0 Å². The lowest BCUT2D eigenvalue weighted by molar-refractivity contribution is 0.251. The van der Waals surface area contributed by atoms with Crippen LogP contribution in [0.25, 0.3) is 0 Å². The Morgan fingerprint density at radius 2 is 1.27 bits per heavy atom. The highest BCUT2D eigenvalue weighted by atomic mass is 15.1. The van der Waals surface area contributed by atoms with E-state index in [9.17, 15) is 0 Å². The molecule has 132 valence electrons. The van der Waals surface area contributed by atoms with Gasteiger partial charge in [0.2, 0.25) is 0 Å². The van der Waals surface area contributed by atoms with Crippen molar-refractivity contribution in [3.05, 3.63) is 35.4 Å². The van der Waals surface area contributed by atoms with Gasteiger partial charge in [0.15, 0.2) is 0 Å². The molecule has 0 N–H and O–H groups in total. The van der Waals surface area contributed by atoms with Crippen LogP contribution in [0.4, 0.5) is 0 Å². The van der Waals surface area contributed by atoms with Gasteiger partial charge in [0.05, 0.1) is 0 Å². The summed E-state index contributed by atoms with van der Waals surface area (Å²) >= 11 is 0. The number of likely N-dealkylation sites (N-methyl/N-ethyl adjacent to an activating group) is 1. The Bertz CT molecular complexity index is 289. The third-order valence-corrected chi connectivity index (χ3v) is 3.17. The predicted molar refractivity (Wildman–Crippen MR) is 106 cm³/mol. The average Bonchev–Trinajstić information content (AvgIpc) is 2.62. The first kappa shape index (κ1) is 26.1. The number of piperidine rings is 1. The second kappa shape index (κ2) is 20.2. The summed E-state index contributed by atoms with van der Waals surface area (Å²) in [6, 6.07) is 9.03. The van der Waals surface area contributed by atoms with Crippen LogP contribution in [0.3, 0.4) is 0 Å². The van der Waals surface area contributed by atoms with Crippen LogP contribution in [0.2, 0.25) is 0 Å². The number of nitrogens with zero attached hydrogens (tertiary/aromatic N) is 1.